The Morgan fingerprint density at radius 1 is 1.27 bits per heavy atom. The zero-order valence-electron chi connectivity index (χ0n) is 15.4. The van der Waals surface area contributed by atoms with Crippen molar-refractivity contribution in [3.8, 4) is 17.3 Å². The Bertz CT molecular complexity index is 1070. The number of hydrogen-bond acceptors (Lipinski definition) is 6. The molecule has 4 rings (SSSR count). The van der Waals surface area contributed by atoms with Gasteiger partial charge in [0.05, 0.1) is 24.4 Å². The summed E-state index contributed by atoms with van der Waals surface area (Å²) in [5.41, 5.74) is 1.14. The van der Waals surface area contributed by atoms with Crippen LogP contribution in [0.2, 0.25) is 0 Å². The molecule has 8 nitrogen and oxygen atoms in total. The smallest absolute Gasteiger partial charge is 0.416 e. The molecule has 1 aliphatic rings. The fourth-order valence-electron chi connectivity index (χ4n) is 3.03. The molecule has 3 heterocycles. The molecular weight excluding hydrogens is 405 g/mol. The molecule has 1 aliphatic heterocycles. The predicted molar refractivity (Wildman–Crippen MR) is 97.6 cm³/mol. The Morgan fingerprint density at radius 2 is 2.03 bits per heavy atom. The molecule has 0 amide bonds. The zero-order chi connectivity index (χ0) is 21.3. The van der Waals surface area contributed by atoms with E-state index in [4.69, 9.17) is 9.47 Å². The summed E-state index contributed by atoms with van der Waals surface area (Å²) < 4.78 is 50.9. The molecule has 156 valence electrons. The van der Waals surface area contributed by atoms with E-state index in [0.29, 0.717) is 17.8 Å². The summed E-state index contributed by atoms with van der Waals surface area (Å²) in [5.74, 6) is -0.291. The average Bonchev–Trinajstić information content (AvgIpc) is 3.16. The first kappa shape index (κ1) is 19.8. The SMILES string of the molecule is O=[N+]([O-])c1cn2c(n1)OC[C@@H](OCc1ccnc(-c3ccc(C(F)(F)F)cc3)c1)C2. The maximum absolute atomic E-state index is 12.7. The summed E-state index contributed by atoms with van der Waals surface area (Å²) in [6.07, 6.45) is -1.88. The molecule has 0 saturated carbocycles. The number of hydrogen-bond donors (Lipinski definition) is 0. The van der Waals surface area contributed by atoms with Gasteiger partial charge in [-0.15, -0.1) is 0 Å². The number of imidazole rings is 1. The van der Waals surface area contributed by atoms with E-state index in [9.17, 15) is 23.3 Å². The van der Waals surface area contributed by atoms with Crippen LogP contribution in [-0.2, 0) is 24.1 Å². The molecule has 0 spiro atoms. The van der Waals surface area contributed by atoms with E-state index >= 15 is 0 Å². The van der Waals surface area contributed by atoms with Crippen LogP contribution >= 0.6 is 0 Å². The van der Waals surface area contributed by atoms with Crippen LogP contribution in [0.5, 0.6) is 6.01 Å². The molecule has 11 heteroatoms. The number of rotatable bonds is 5. The third-order valence-corrected chi connectivity index (χ3v) is 4.53. The van der Waals surface area contributed by atoms with Crippen molar-refractivity contribution in [2.45, 2.75) is 25.4 Å². The number of halogens is 3. The van der Waals surface area contributed by atoms with Crippen molar-refractivity contribution in [1.82, 2.24) is 14.5 Å². The Labute approximate surface area is 168 Å². The van der Waals surface area contributed by atoms with Crippen LogP contribution in [-0.4, -0.2) is 32.2 Å². The Morgan fingerprint density at radius 3 is 2.73 bits per heavy atom. The van der Waals surface area contributed by atoms with Crippen molar-refractivity contribution in [3.05, 3.63) is 70.0 Å². The van der Waals surface area contributed by atoms with Gasteiger partial charge in [-0.05, 0) is 34.8 Å². The molecule has 0 unspecified atom stereocenters. The summed E-state index contributed by atoms with van der Waals surface area (Å²) >= 11 is 0. The number of alkyl halides is 3. The standard InChI is InChI=1S/C19H15F3N4O4/c20-19(21,22)14-3-1-13(2-4-14)16-7-12(5-6-23-16)10-29-15-8-25-9-17(26(27)28)24-18(25)30-11-15/h1-7,9,15H,8,10-11H2/t15-/m0/s1. The maximum atomic E-state index is 12.7. The lowest BCUT2D eigenvalue weighted by Crippen LogP contribution is -2.32. The lowest BCUT2D eigenvalue weighted by molar-refractivity contribution is -0.389. The predicted octanol–water partition coefficient (Wildman–Crippen LogP) is 3.85. The third kappa shape index (κ3) is 4.25. The molecule has 0 aliphatic carbocycles. The average molecular weight is 420 g/mol. The van der Waals surface area contributed by atoms with E-state index in [-0.39, 0.29) is 31.1 Å². The van der Waals surface area contributed by atoms with Crippen LogP contribution in [0.3, 0.4) is 0 Å². The highest BCUT2D eigenvalue weighted by Crippen LogP contribution is 2.31. The first-order valence-electron chi connectivity index (χ1n) is 8.88. The van der Waals surface area contributed by atoms with Gasteiger partial charge in [0.25, 0.3) is 0 Å². The minimum Gasteiger partial charge on any atom is -0.443 e. The summed E-state index contributed by atoms with van der Waals surface area (Å²) in [6.45, 7) is 0.772. The van der Waals surface area contributed by atoms with Crippen molar-refractivity contribution in [2.24, 2.45) is 0 Å². The van der Waals surface area contributed by atoms with Crippen LogP contribution in [0.4, 0.5) is 19.0 Å². The largest absolute Gasteiger partial charge is 0.443 e. The van der Waals surface area contributed by atoms with Gasteiger partial charge in [0.1, 0.15) is 18.9 Å². The molecule has 30 heavy (non-hydrogen) atoms. The lowest BCUT2D eigenvalue weighted by Gasteiger charge is -2.22. The third-order valence-electron chi connectivity index (χ3n) is 4.53. The summed E-state index contributed by atoms with van der Waals surface area (Å²) in [7, 11) is 0. The van der Waals surface area contributed by atoms with Gasteiger partial charge in [-0.2, -0.15) is 13.2 Å². The second-order valence-electron chi connectivity index (χ2n) is 6.66. The first-order valence-corrected chi connectivity index (χ1v) is 8.88. The van der Waals surface area contributed by atoms with Crippen LogP contribution in [0, 0.1) is 10.1 Å². The number of fused-ring (bicyclic) bond motifs is 1. The van der Waals surface area contributed by atoms with Gasteiger partial charge >= 0.3 is 18.0 Å². The molecule has 0 bridgehead atoms. The van der Waals surface area contributed by atoms with Crippen LogP contribution < -0.4 is 4.74 Å². The lowest BCUT2D eigenvalue weighted by atomic mass is 10.1. The molecule has 0 saturated heterocycles. The Kier molecular flexibility index (Phi) is 5.12. The molecule has 0 radical (unpaired) electrons. The fourth-order valence-corrected chi connectivity index (χ4v) is 3.03. The second kappa shape index (κ2) is 7.75. The quantitative estimate of drug-likeness (QED) is 0.460. The van der Waals surface area contributed by atoms with E-state index in [1.807, 2.05) is 0 Å². The van der Waals surface area contributed by atoms with Crippen molar-refractivity contribution in [3.63, 3.8) is 0 Å². The molecule has 1 atom stereocenters. The van der Waals surface area contributed by atoms with Gasteiger partial charge in [0.15, 0.2) is 0 Å². The topological polar surface area (TPSA) is 92.3 Å². The molecular formula is C19H15F3N4O4. The molecule has 1 aromatic carbocycles. The maximum Gasteiger partial charge on any atom is 0.416 e. The highest BCUT2D eigenvalue weighted by molar-refractivity contribution is 5.60. The van der Waals surface area contributed by atoms with Gasteiger partial charge in [-0.1, -0.05) is 12.1 Å². The van der Waals surface area contributed by atoms with E-state index in [1.165, 1.54) is 22.9 Å². The fraction of sp³-hybridized carbons (Fsp3) is 0.263. The van der Waals surface area contributed by atoms with Crippen LogP contribution in [0.25, 0.3) is 11.3 Å². The minimum atomic E-state index is -4.39. The van der Waals surface area contributed by atoms with E-state index in [0.717, 1.165) is 17.7 Å². The Balaban J connectivity index is 1.41. The number of nitro groups is 1. The van der Waals surface area contributed by atoms with Gasteiger partial charge in [-0.3, -0.25) is 9.55 Å². The molecule has 3 aromatic rings. The van der Waals surface area contributed by atoms with Gasteiger partial charge in [-0.25, -0.2) is 0 Å². The van der Waals surface area contributed by atoms with Crippen molar-refractivity contribution in [2.75, 3.05) is 6.61 Å². The van der Waals surface area contributed by atoms with Gasteiger partial charge in [0, 0.05) is 16.7 Å². The highest BCUT2D eigenvalue weighted by Gasteiger charge is 2.30. The zero-order valence-corrected chi connectivity index (χ0v) is 15.4. The van der Waals surface area contributed by atoms with E-state index in [1.54, 1.807) is 18.3 Å². The number of benzene rings is 1. The van der Waals surface area contributed by atoms with Crippen LogP contribution in [0.1, 0.15) is 11.1 Å². The van der Waals surface area contributed by atoms with Crippen molar-refractivity contribution in [1.29, 1.82) is 0 Å². The highest BCUT2D eigenvalue weighted by atomic mass is 19.4. The Hall–Kier alpha value is -3.47. The second-order valence-corrected chi connectivity index (χ2v) is 6.66. The number of aromatic nitrogens is 3. The normalized spacial score (nSPS) is 16.0. The van der Waals surface area contributed by atoms with E-state index in [2.05, 4.69) is 9.97 Å². The monoisotopic (exact) mass is 420 g/mol. The molecule has 2 aromatic heterocycles. The van der Waals surface area contributed by atoms with E-state index < -0.39 is 16.7 Å². The number of nitrogens with zero attached hydrogens (tertiary/aromatic N) is 4. The first-order chi connectivity index (χ1) is 14.3. The van der Waals surface area contributed by atoms with Gasteiger partial charge < -0.3 is 19.6 Å². The summed E-state index contributed by atoms with van der Waals surface area (Å²) in [4.78, 5) is 18.2. The van der Waals surface area contributed by atoms with Crippen molar-refractivity contribution < 1.29 is 27.6 Å². The van der Waals surface area contributed by atoms with Gasteiger partial charge in [0.2, 0.25) is 0 Å². The molecule has 0 N–H and O–H groups in total. The molecule has 0 fully saturated rings. The summed E-state index contributed by atoms with van der Waals surface area (Å²) in [5, 5.41) is 10.8. The number of ether oxygens (including phenoxy) is 2. The minimum absolute atomic E-state index is 0.176. The van der Waals surface area contributed by atoms with Crippen LogP contribution in [0.15, 0.2) is 48.8 Å². The number of pyridine rings is 1. The van der Waals surface area contributed by atoms with Crippen molar-refractivity contribution >= 4 is 5.82 Å². The summed E-state index contributed by atoms with van der Waals surface area (Å²) in [6, 6.07) is 8.43.